The number of amides is 2. The number of fused-ring (bicyclic) bond motifs is 3. The van der Waals surface area contributed by atoms with Crippen LogP contribution in [0.2, 0.25) is 16.6 Å². The Morgan fingerprint density at radius 3 is 2.09 bits per heavy atom. The van der Waals surface area contributed by atoms with Crippen molar-refractivity contribution < 1.29 is 36.7 Å². The van der Waals surface area contributed by atoms with E-state index >= 15 is 0 Å². The number of allylic oxidation sites excluding steroid dienone is 1. The Bertz CT molecular complexity index is 1600. The molecule has 0 aromatic heterocycles. The van der Waals surface area contributed by atoms with Gasteiger partial charge in [0.2, 0.25) is 5.91 Å². The van der Waals surface area contributed by atoms with E-state index in [1.165, 1.54) is 23.5 Å². The minimum absolute atomic E-state index is 0.000356. The average molecular weight is 655 g/mol. The lowest BCUT2D eigenvalue weighted by molar-refractivity contribution is -0.152. The Kier molecular flexibility index (Phi) is 8.93. The maximum atomic E-state index is 14.6. The van der Waals surface area contributed by atoms with Crippen molar-refractivity contribution in [3.05, 3.63) is 65.9 Å². The second-order valence-corrected chi connectivity index (χ2v) is 20.0. The first kappa shape index (κ1) is 32.7. The average Bonchev–Trinajstić information content (AvgIpc) is 3.60. The third kappa shape index (κ3) is 5.25. The van der Waals surface area contributed by atoms with Crippen LogP contribution in [0.1, 0.15) is 53.5 Å². The fourth-order valence-electron chi connectivity index (χ4n) is 7.73. The molecule has 1 saturated heterocycles. The molecule has 242 valence electrons. The van der Waals surface area contributed by atoms with Gasteiger partial charge in [0.15, 0.2) is 0 Å². The van der Waals surface area contributed by atoms with Gasteiger partial charge in [0.1, 0.15) is 6.61 Å². The largest absolute Gasteiger partial charge is 0.545 e. The van der Waals surface area contributed by atoms with Crippen molar-refractivity contribution in [2.45, 2.75) is 75.5 Å². The van der Waals surface area contributed by atoms with Crippen molar-refractivity contribution in [2.24, 2.45) is 11.8 Å². The van der Waals surface area contributed by atoms with Gasteiger partial charge >= 0.3 is 12.1 Å². The first-order valence-corrected chi connectivity index (χ1v) is 19.0. The minimum Gasteiger partial charge on any atom is -0.545 e. The van der Waals surface area contributed by atoms with Gasteiger partial charge in [-0.15, -0.1) is 0 Å². The molecule has 0 bridgehead atoms. The summed E-state index contributed by atoms with van der Waals surface area (Å²) in [5.74, 6) is -3.27. The maximum absolute atomic E-state index is 14.6. The van der Waals surface area contributed by atoms with Crippen LogP contribution in [0.15, 0.2) is 65.3 Å². The van der Waals surface area contributed by atoms with Crippen molar-refractivity contribution in [1.82, 2.24) is 4.90 Å². The van der Waals surface area contributed by atoms with Crippen molar-refractivity contribution in [2.75, 3.05) is 24.6 Å². The van der Waals surface area contributed by atoms with Crippen LogP contribution in [-0.2, 0) is 33.5 Å². The van der Waals surface area contributed by atoms with E-state index < -0.39 is 54.2 Å². The highest BCUT2D eigenvalue weighted by Gasteiger charge is 2.59. The van der Waals surface area contributed by atoms with Crippen LogP contribution in [0, 0.1) is 11.8 Å². The fraction of sp³-hybridized carbons (Fsp3) is 0.485. The minimum atomic E-state index is -4.28. The van der Waals surface area contributed by atoms with Crippen molar-refractivity contribution in [1.29, 1.82) is 0 Å². The second-order valence-electron chi connectivity index (χ2n) is 12.8. The van der Waals surface area contributed by atoms with Crippen LogP contribution in [0.5, 0.6) is 0 Å². The summed E-state index contributed by atoms with van der Waals surface area (Å²) in [6.07, 6.45) is -0.804. The standard InChI is InChI=1S/C33H42N2O8SSi/c1-20(2)45(21(3)4,22(5)6)43-27-19-25(32(37)41-7)29(31(36)34-17-18-42-33(34)38)30-28(27)24-15-11-12-16-26(24)35(30)44(39,40)23-13-9-8-10-14-23/h8-16,20-22,25,29-30H,17-19H2,1-7H3/t25-,29+,30+/m0/s1. The predicted molar refractivity (Wildman–Crippen MR) is 172 cm³/mol. The quantitative estimate of drug-likeness (QED) is 0.240. The number of hydrogen-bond donors (Lipinski definition) is 0. The Balaban J connectivity index is 1.84. The van der Waals surface area contributed by atoms with E-state index in [4.69, 9.17) is 13.9 Å². The van der Waals surface area contributed by atoms with Gasteiger partial charge in [-0.3, -0.25) is 13.9 Å². The highest BCUT2D eigenvalue weighted by atomic mass is 32.2. The molecule has 3 atom stereocenters. The van der Waals surface area contributed by atoms with E-state index in [2.05, 4.69) is 41.5 Å². The molecule has 10 nitrogen and oxygen atoms in total. The first-order chi connectivity index (χ1) is 21.3. The summed E-state index contributed by atoms with van der Waals surface area (Å²) in [5.41, 5.74) is 2.08. The number of para-hydroxylation sites is 1. The number of esters is 1. The number of anilines is 1. The summed E-state index contributed by atoms with van der Waals surface area (Å²) in [6.45, 7) is 12.9. The van der Waals surface area contributed by atoms with E-state index in [1.54, 1.807) is 30.3 Å². The smallest absolute Gasteiger partial charge is 0.416 e. The topological polar surface area (TPSA) is 120 Å². The summed E-state index contributed by atoms with van der Waals surface area (Å²) >= 11 is 0. The summed E-state index contributed by atoms with van der Waals surface area (Å²) in [6, 6.07) is 13.9. The molecule has 2 aromatic carbocycles. The van der Waals surface area contributed by atoms with E-state index in [1.807, 2.05) is 12.1 Å². The number of imide groups is 1. The third-order valence-corrected chi connectivity index (χ3v) is 17.4. The number of methoxy groups -OCH3 is 1. The number of carbonyl (C=O) groups is 3. The highest BCUT2D eigenvalue weighted by Crippen LogP contribution is 2.55. The van der Waals surface area contributed by atoms with E-state index in [0.29, 0.717) is 22.6 Å². The number of nitrogens with zero attached hydrogens (tertiary/aromatic N) is 2. The molecule has 2 aliphatic heterocycles. The monoisotopic (exact) mass is 654 g/mol. The normalized spacial score (nSPS) is 21.7. The highest BCUT2D eigenvalue weighted by molar-refractivity contribution is 7.93. The van der Waals surface area contributed by atoms with E-state index in [9.17, 15) is 22.8 Å². The molecule has 5 rings (SSSR count). The predicted octanol–water partition coefficient (Wildman–Crippen LogP) is 5.96. The molecule has 2 aromatic rings. The summed E-state index contributed by atoms with van der Waals surface area (Å²) < 4.78 is 48.1. The van der Waals surface area contributed by atoms with Crippen molar-refractivity contribution >= 4 is 47.6 Å². The van der Waals surface area contributed by atoms with Gasteiger partial charge in [-0.05, 0) is 34.8 Å². The molecule has 0 unspecified atom stereocenters. The molecule has 0 spiro atoms. The summed E-state index contributed by atoms with van der Waals surface area (Å²) in [4.78, 5) is 41.7. The molecule has 1 aliphatic carbocycles. The van der Waals surface area contributed by atoms with Crippen LogP contribution < -0.4 is 4.31 Å². The van der Waals surface area contributed by atoms with E-state index in [0.717, 1.165) is 4.90 Å². The van der Waals surface area contributed by atoms with Crippen LogP contribution in [0.4, 0.5) is 10.5 Å². The van der Waals surface area contributed by atoms with Gasteiger partial charge in [0, 0.05) is 17.6 Å². The molecule has 0 saturated carbocycles. The molecule has 2 heterocycles. The third-order valence-electron chi connectivity index (χ3n) is 9.58. The second kappa shape index (κ2) is 12.3. The lowest BCUT2D eigenvalue weighted by Crippen LogP contribution is -2.56. The number of hydrogen-bond acceptors (Lipinski definition) is 8. The zero-order valence-corrected chi connectivity index (χ0v) is 28.7. The molecular formula is C33H42N2O8SSi. The Hall–Kier alpha value is -3.64. The van der Waals surface area contributed by atoms with E-state index in [-0.39, 0.29) is 41.1 Å². The lowest BCUT2D eigenvalue weighted by Gasteiger charge is -2.46. The first-order valence-electron chi connectivity index (χ1n) is 15.5. The van der Waals surface area contributed by atoms with Crippen molar-refractivity contribution in [3.8, 4) is 0 Å². The van der Waals surface area contributed by atoms with Crippen LogP contribution in [0.3, 0.4) is 0 Å². The number of sulfonamides is 1. The van der Waals surface area contributed by atoms with Crippen molar-refractivity contribution in [3.63, 3.8) is 0 Å². The van der Waals surface area contributed by atoms with Gasteiger partial charge in [0.25, 0.3) is 18.3 Å². The molecule has 12 heteroatoms. The zero-order valence-electron chi connectivity index (χ0n) is 26.9. The molecule has 1 fully saturated rings. The Morgan fingerprint density at radius 2 is 1.53 bits per heavy atom. The van der Waals surface area contributed by atoms with Gasteiger partial charge < -0.3 is 13.9 Å². The molecule has 2 amide bonds. The van der Waals surface area contributed by atoms with Crippen LogP contribution in [0.25, 0.3) is 5.57 Å². The van der Waals surface area contributed by atoms with Crippen LogP contribution >= 0.6 is 0 Å². The van der Waals surface area contributed by atoms with Gasteiger partial charge in [-0.2, -0.15) is 0 Å². The summed E-state index contributed by atoms with van der Waals surface area (Å²) in [5, 5.41) is 0. The van der Waals surface area contributed by atoms with Crippen LogP contribution in [-0.4, -0.2) is 65.9 Å². The number of rotatable bonds is 9. The zero-order chi connectivity index (χ0) is 32.8. The number of carbonyl (C=O) groups excluding carboxylic acids is 3. The fourth-order valence-corrected chi connectivity index (χ4v) is 14.7. The molecule has 0 N–H and O–H groups in total. The van der Waals surface area contributed by atoms with Gasteiger partial charge in [-0.1, -0.05) is 77.9 Å². The molecule has 0 radical (unpaired) electrons. The molecule has 45 heavy (non-hydrogen) atoms. The number of cyclic esters (lactones) is 1. The lowest BCUT2D eigenvalue weighted by atomic mass is 9.74. The Morgan fingerprint density at radius 1 is 0.933 bits per heavy atom. The molecule has 3 aliphatic rings. The summed E-state index contributed by atoms with van der Waals surface area (Å²) in [7, 11) is -5.68. The van der Waals surface area contributed by atoms with Gasteiger partial charge in [0.05, 0.1) is 47.9 Å². The number of benzene rings is 2. The van der Waals surface area contributed by atoms with Gasteiger partial charge in [-0.25, -0.2) is 18.1 Å². The number of ether oxygens (including phenoxy) is 2. The maximum Gasteiger partial charge on any atom is 0.416 e. The SMILES string of the molecule is COC(=O)[C@H]1CC(O[Si](C(C)C)(C(C)C)C(C)C)=C2c3ccccc3N(S(=O)(=O)c3ccccc3)[C@H]2[C@@H]1C(=O)N1CCOC1=O. The Labute approximate surface area is 266 Å². The molecular weight excluding hydrogens is 613 g/mol.